The molecular weight excluding hydrogens is 266 g/mol. The first-order valence-corrected chi connectivity index (χ1v) is 7.14. The van der Waals surface area contributed by atoms with Gasteiger partial charge in [0.15, 0.2) is 0 Å². The van der Waals surface area contributed by atoms with Crippen LogP contribution in [0.15, 0.2) is 24.3 Å². The third-order valence-electron chi connectivity index (χ3n) is 3.21. The van der Waals surface area contributed by atoms with E-state index in [1.54, 1.807) is 0 Å². The number of benzene rings is 1. The highest BCUT2D eigenvalue weighted by Gasteiger charge is 2.11. The van der Waals surface area contributed by atoms with E-state index in [4.69, 9.17) is 9.47 Å². The van der Waals surface area contributed by atoms with Crippen molar-refractivity contribution < 1.29 is 14.3 Å². The van der Waals surface area contributed by atoms with Crippen molar-refractivity contribution >= 4 is 16.9 Å². The number of para-hydroxylation sites is 1. The number of hydrogen-bond acceptors (Lipinski definition) is 4. The van der Waals surface area contributed by atoms with Crippen LogP contribution in [0.3, 0.4) is 0 Å². The third-order valence-corrected chi connectivity index (χ3v) is 3.21. The SMILES string of the molecule is COC(=O)CCc1cc(C)nc2c(OC(C)C)cccc12. The molecule has 21 heavy (non-hydrogen) atoms. The van der Waals surface area contributed by atoms with Gasteiger partial charge in [0.2, 0.25) is 0 Å². The molecule has 0 atom stereocenters. The van der Waals surface area contributed by atoms with Gasteiger partial charge < -0.3 is 9.47 Å². The fourth-order valence-corrected chi connectivity index (χ4v) is 2.33. The molecule has 1 heterocycles. The average molecular weight is 287 g/mol. The first kappa shape index (κ1) is 15.3. The Kier molecular flexibility index (Phi) is 4.78. The number of carbonyl (C=O) groups excluding carboxylic acids is 1. The lowest BCUT2D eigenvalue weighted by Crippen LogP contribution is -2.07. The molecule has 0 fully saturated rings. The number of rotatable bonds is 5. The van der Waals surface area contributed by atoms with Crippen molar-refractivity contribution in [1.82, 2.24) is 4.98 Å². The number of nitrogens with zero attached hydrogens (tertiary/aromatic N) is 1. The Morgan fingerprint density at radius 1 is 1.33 bits per heavy atom. The maximum Gasteiger partial charge on any atom is 0.305 e. The Morgan fingerprint density at radius 3 is 2.76 bits per heavy atom. The van der Waals surface area contributed by atoms with Crippen molar-refractivity contribution in [2.45, 2.75) is 39.7 Å². The lowest BCUT2D eigenvalue weighted by molar-refractivity contribution is -0.140. The van der Waals surface area contributed by atoms with Gasteiger partial charge in [0.1, 0.15) is 11.3 Å². The number of hydrogen-bond donors (Lipinski definition) is 0. The predicted molar refractivity (Wildman–Crippen MR) is 82.6 cm³/mol. The van der Waals surface area contributed by atoms with E-state index in [0.29, 0.717) is 12.8 Å². The van der Waals surface area contributed by atoms with Crippen molar-refractivity contribution in [1.29, 1.82) is 0 Å². The Balaban J connectivity index is 2.44. The molecule has 0 aliphatic rings. The van der Waals surface area contributed by atoms with Crippen molar-refractivity contribution in [3.05, 3.63) is 35.5 Å². The number of aryl methyl sites for hydroxylation is 2. The van der Waals surface area contributed by atoms with Crippen LogP contribution >= 0.6 is 0 Å². The van der Waals surface area contributed by atoms with Crippen LogP contribution in [0.25, 0.3) is 10.9 Å². The fraction of sp³-hybridized carbons (Fsp3) is 0.412. The van der Waals surface area contributed by atoms with Gasteiger partial charge in [0, 0.05) is 17.5 Å². The molecule has 0 aliphatic heterocycles. The molecule has 2 aromatic rings. The number of aromatic nitrogens is 1. The number of esters is 1. The third kappa shape index (κ3) is 3.72. The summed E-state index contributed by atoms with van der Waals surface area (Å²) in [4.78, 5) is 16.0. The normalized spacial score (nSPS) is 10.9. The van der Waals surface area contributed by atoms with E-state index >= 15 is 0 Å². The highest BCUT2D eigenvalue weighted by Crippen LogP contribution is 2.28. The maximum atomic E-state index is 11.4. The quantitative estimate of drug-likeness (QED) is 0.790. The number of carbonyl (C=O) groups is 1. The summed E-state index contributed by atoms with van der Waals surface area (Å²) in [6.45, 7) is 5.94. The molecular formula is C17H21NO3. The average Bonchev–Trinajstić information content (AvgIpc) is 2.44. The molecule has 112 valence electrons. The summed E-state index contributed by atoms with van der Waals surface area (Å²) in [6, 6.07) is 7.92. The molecule has 2 rings (SSSR count). The zero-order chi connectivity index (χ0) is 15.4. The summed E-state index contributed by atoms with van der Waals surface area (Å²) >= 11 is 0. The van der Waals surface area contributed by atoms with Crippen LogP contribution < -0.4 is 4.74 Å². The minimum Gasteiger partial charge on any atom is -0.489 e. The van der Waals surface area contributed by atoms with Crippen molar-refractivity contribution in [3.63, 3.8) is 0 Å². The topological polar surface area (TPSA) is 48.4 Å². The van der Waals surface area contributed by atoms with E-state index < -0.39 is 0 Å². The number of pyridine rings is 1. The van der Waals surface area contributed by atoms with Crippen molar-refractivity contribution in [3.8, 4) is 5.75 Å². The molecule has 4 heteroatoms. The summed E-state index contributed by atoms with van der Waals surface area (Å²) in [5.41, 5.74) is 2.87. The highest BCUT2D eigenvalue weighted by molar-refractivity contribution is 5.88. The van der Waals surface area contributed by atoms with E-state index in [-0.39, 0.29) is 12.1 Å². The van der Waals surface area contributed by atoms with Crippen LogP contribution in [-0.2, 0) is 16.0 Å². The van der Waals surface area contributed by atoms with E-state index in [1.807, 2.05) is 45.0 Å². The van der Waals surface area contributed by atoms with E-state index in [2.05, 4.69) is 4.98 Å². The van der Waals surface area contributed by atoms with Crippen LogP contribution in [-0.4, -0.2) is 24.2 Å². The lowest BCUT2D eigenvalue weighted by Gasteiger charge is -2.14. The molecule has 4 nitrogen and oxygen atoms in total. The van der Waals surface area contributed by atoms with Gasteiger partial charge in [-0.15, -0.1) is 0 Å². The van der Waals surface area contributed by atoms with E-state index in [1.165, 1.54) is 7.11 Å². The Morgan fingerprint density at radius 2 is 2.10 bits per heavy atom. The van der Waals surface area contributed by atoms with Gasteiger partial charge >= 0.3 is 5.97 Å². The fourth-order valence-electron chi connectivity index (χ4n) is 2.33. The molecule has 0 radical (unpaired) electrons. The molecule has 0 unspecified atom stereocenters. The van der Waals surface area contributed by atoms with Gasteiger partial charge in [-0.2, -0.15) is 0 Å². The second kappa shape index (κ2) is 6.57. The van der Waals surface area contributed by atoms with E-state index in [9.17, 15) is 4.79 Å². The molecule has 0 amide bonds. The maximum absolute atomic E-state index is 11.4. The first-order valence-electron chi connectivity index (χ1n) is 7.14. The molecule has 0 aliphatic carbocycles. The van der Waals surface area contributed by atoms with Crippen LogP contribution in [0.1, 0.15) is 31.5 Å². The van der Waals surface area contributed by atoms with Gasteiger partial charge in [-0.05, 0) is 44.9 Å². The minimum absolute atomic E-state index is 0.0939. The monoisotopic (exact) mass is 287 g/mol. The Labute approximate surface area is 125 Å². The number of methoxy groups -OCH3 is 1. The standard InChI is InChI=1S/C17H21NO3/c1-11(2)21-15-7-5-6-14-13(8-9-16(19)20-4)10-12(3)18-17(14)15/h5-7,10-11H,8-9H2,1-4H3. The van der Waals surface area contributed by atoms with Gasteiger partial charge in [-0.1, -0.05) is 12.1 Å². The van der Waals surface area contributed by atoms with Crippen LogP contribution in [0, 0.1) is 6.92 Å². The molecule has 0 saturated heterocycles. The second-order valence-electron chi connectivity index (χ2n) is 5.32. The predicted octanol–water partition coefficient (Wildman–Crippen LogP) is 3.44. The van der Waals surface area contributed by atoms with Crippen LogP contribution in [0.2, 0.25) is 0 Å². The Hall–Kier alpha value is -2.10. The molecule has 0 spiro atoms. The van der Waals surface area contributed by atoms with Gasteiger partial charge in [-0.3, -0.25) is 4.79 Å². The second-order valence-corrected chi connectivity index (χ2v) is 5.32. The minimum atomic E-state index is -0.202. The Bertz CT molecular complexity index is 650. The summed E-state index contributed by atoms with van der Waals surface area (Å²) < 4.78 is 10.5. The summed E-state index contributed by atoms with van der Waals surface area (Å²) in [7, 11) is 1.41. The molecule has 0 N–H and O–H groups in total. The number of ether oxygens (including phenoxy) is 2. The van der Waals surface area contributed by atoms with Gasteiger partial charge in [0.25, 0.3) is 0 Å². The lowest BCUT2D eigenvalue weighted by atomic mass is 10.0. The van der Waals surface area contributed by atoms with Gasteiger partial charge in [-0.25, -0.2) is 4.98 Å². The largest absolute Gasteiger partial charge is 0.489 e. The van der Waals surface area contributed by atoms with Crippen molar-refractivity contribution in [2.75, 3.05) is 7.11 Å². The molecule has 1 aromatic heterocycles. The summed E-state index contributed by atoms with van der Waals surface area (Å²) in [5, 5.41) is 1.03. The van der Waals surface area contributed by atoms with Crippen molar-refractivity contribution in [2.24, 2.45) is 0 Å². The zero-order valence-electron chi connectivity index (χ0n) is 13.0. The highest BCUT2D eigenvalue weighted by atomic mass is 16.5. The summed E-state index contributed by atoms with van der Waals surface area (Å²) in [6.07, 6.45) is 1.10. The van der Waals surface area contributed by atoms with E-state index in [0.717, 1.165) is 27.9 Å². The zero-order valence-corrected chi connectivity index (χ0v) is 13.0. The molecule has 0 bridgehead atoms. The molecule has 1 aromatic carbocycles. The first-order chi connectivity index (χ1) is 10.0. The van der Waals surface area contributed by atoms with Gasteiger partial charge in [0.05, 0.1) is 13.2 Å². The number of fused-ring (bicyclic) bond motifs is 1. The summed E-state index contributed by atoms with van der Waals surface area (Å²) in [5.74, 6) is 0.581. The smallest absolute Gasteiger partial charge is 0.305 e. The molecule has 0 saturated carbocycles. The van der Waals surface area contributed by atoms with Crippen LogP contribution in [0.5, 0.6) is 5.75 Å². The van der Waals surface area contributed by atoms with Crippen LogP contribution in [0.4, 0.5) is 0 Å².